The summed E-state index contributed by atoms with van der Waals surface area (Å²) < 4.78 is 48.1. The molecule has 0 aliphatic rings. The molecule has 0 saturated heterocycles. The van der Waals surface area contributed by atoms with Crippen LogP contribution in [0.1, 0.15) is 24.4 Å². The normalized spacial score (nSPS) is 13.1. The van der Waals surface area contributed by atoms with Gasteiger partial charge in [0.05, 0.1) is 0 Å². The molecule has 1 atom stereocenters. The Bertz CT molecular complexity index is 310. The van der Waals surface area contributed by atoms with E-state index in [1.54, 1.807) is 0 Å². The van der Waals surface area contributed by atoms with Gasteiger partial charge in [-0.05, 0) is 24.1 Å². The molecule has 0 radical (unpaired) electrons. The van der Waals surface area contributed by atoms with Crippen molar-refractivity contribution in [3.8, 4) is 0 Å². The summed E-state index contributed by atoms with van der Waals surface area (Å²) in [7, 11) is 0. The lowest BCUT2D eigenvalue weighted by molar-refractivity contribution is -0.136. The molecule has 92 valence electrons. The van der Waals surface area contributed by atoms with E-state index in [4.69, 9.17) is 5.73 Å². The van der Waals surface area contributed by atoms with Crippen molar-refractivity contribution in [1.82, 2.24) is 0 Å². The van der Waals surface area contributed by atoms with E-state index < -0.39 is 24.5 Å². The fourth-order valence-electron chi connectivity index (χ4n) is 1.20. The number of rotatable bonds is 3. The van der Waals surface area contributed by atoms with Crippen LogP contribution in [0.2, 0.25) is 0 Å². The van der Waals surface area contributed by atoms with Gasteiger partial charge in [-0.3, -0.25) is 0 Å². The lowest BCUT2D eigenvalue weighted by Crippen LogP contribution is -2.15. The molecule has 0 aliphatic carbocycles. The largest absolute Gasteiger partial charge is 0.389 e. The predicted molar refractivity (Wildman–Crippen MR) is 55.9 cm³/mol. The van der Waals surface area contributed by atoms with Gasteiger partial charge in [0.2, 0.25) is 0 Å². The zero-order chi connectivity index (χ0) is 11.5. The minimum absolute atomic E-state index is 0. The third-order valence-corrected chi connectivity index (χ3v) is 2.04. The maximum absolute atomic E-state index is 12.5. The van der Waals surface area contributed by atoms with Crippen LogP contribution in [0.25, 0.3) is 0 Å². The summed E-state index contributed by atoms with van der Waals surface area (Å²) in [5.41, 5.74) is 6.04. The van der Waals surface area contributed by atoms with Crippen LogP contribution in [0.15, 0.2) is 24.3 Å². The van der Waals surface area contributed by atoms with Crippen molar-refractivity contribution in [2.75, 3.05) is 0 Å². The molecular weight excluding hydrogens is 246 g/mol. The van der Waals surface area contributed by atoms with Crippen molar-refractivity contribution >= 4 is 12.4 Å². The second kappa shape index (κ2) is 6.06. The maximum atomic E-state index is 12.5. The molecule has 1 aromatic carbocycles. The molecule has 0 fully saturated rings. The Morgan fingerprint density at radius 1 is 1.12 bits per heavy atom. The molecule has 0 amide bonds. The average Bonchev–Trinajstić information content (AvgIpc) is 2.14. The Kier molecular flexibility index (Phi) is 5.75. The van der Waals surface area contributed by atoms with Gasteiger partial charge in [0.25, 0.3) is 0 Å². The molecule has 0 aromatic heterocycles. The highest BCUT2D eigenvalue weighted by atomic mass is 35.5. The smallest absolute Gasteiger partial charge is 0.324 e. The maximum Gasteiger partial charge on any atom is 0.389 e. The minimum atomic E-state index is -4.20. The second-order valence-corrected chi connectivity index (χ2v) is 3.31. The summed E-state index contributed by atoms with van der Waals surface area (Å²) in [4.78, 5) is 0. The van der Waals surface area contributed by atoms with Gasteiger partial charge in [-0.15, -0.1) is 12.4 Å². The Balaban J connectivity index is 0.00000225. The highest BCUT2D eigenvalue weighted by Crippen LogP contribution is 2.26. The average molecular weight is 258 g/mol. The van der Waals surface area contributed by atoms with E-state index in [9.17, 15) is 17.6 Å². The summed E-state index contributed by atoms with van der Waals surface area (Å²) in [6.07, 6.45) is -5.31. The molecule has 0 unspecified atom stereocenters. The Labute approximate surface area is 97.0 Å². The fourth-order valence-corrected chi connectivity index (χ4v) is 1.20. The van der Waals surface area contributed by atoms with E-state index in [1.165, 1.54) is 24.3 Å². The molecule has 0 spiro atoms. The quantitative estimate of drug-likeness (QED) is 0.823. The fraction of sp³-hybridized carbons (Fsp3) is 0.400. The number of benzene rings is 1. The Morgan fingerprint density at radius 2 is 1.62 bits per heavy atom. The monoisotopic (exact) mass is 257 g/mol. The van der Waals surface area contributed by atoms with Crippen LogP contribution in [0.3, 0.4) is 0 Å². The van der Waals surface area contributed by atoms with Crippen molar-refractivity contribution in [2.45, 2.75) is 25.1 Å². The van der Waals surface area contributed by atoms with Gasteiger partial charge in [0, 0.05) is 12.5 Å². The van der Waals surface area contributed by atoms with Gasteiger partial charge in [-0.1, -0.05) is 12.1 Å². The molecule has 1 aromatic rings. The third kappa shape index (κ3) is 5.32. The summed E-state index contributed by atoms with van der Waals surface area (Å²) >= 11 is 0. The van der Waals surface area contributed by atoms with Crippen molar-refractivity contribution < 1.29 is 17.6 Å². The van der Waals surface area contributed by atoms with Crippen molar-refractivity contribution in [3.05, 3.63) is 35.6 Å². The van der Waals surface area contributed by atoms with E-state index in [0.29, 0.717) is 5.56 Å². The number of nitrogens with two attached hydrogens (primary N) is 1. The first-order valence-electron chi connectivity index (χ1n) is 4.46. The topological polar surface area (TPSA) is 26.0 Å². The zero-order valence-corrected chi connectivity index (χ0v) is 9.11. The van der Waals surface area contributed by atoms with Crippen molar-refractivity contribution in [1.29, 1.82) is 0 Å². The number of halogens is 5. The SMILES string of the molecule is Cl.N[C@@H](CCC(F)(F)F)c1ccc(F)cc1. The van der Waals surface area contributed by atoms with E-state index in [2.05, 4.69) is 0 Å². The van der Waals surface area contributed by atoms with Crippen LogP contribution in [-0.4, -0.2) is 6.18 Å². The highest BCUT2D eigenvalue weighted by Gasteiger charge is 2.27. The van der Waals surface area contributed by atoms with Crippen LogP contribution in [0.4, 0.5) is 17.6 Å². The number of hydrogen-bond donors (Lipinski definition) is 1. The van der Waals surface area contributed by atoms with E-state index >= 15 is 0 Å². The molecule has 0 bridgehead atoms. The summed E-state index contributed by atoms with van der Waals surface area (Å²) in [5, 5.41) is 0. The molecule has 1 rings (SSSR count). The molecule has 16 heavy (non-hydrogen) atoms. The van der Waals surface area contributed by atoms with Gasteiger partial charge >= 0.3 is 6.18 Å². The van der Waals surface area contributed by atoms with E-state index in [1.807, 2.05) is 0 Å². The first-order chi connectivity index (χ1) is 6.88. The lowest BCUT2D eigenvalue weighted by Gasteiger charge is -2.13. The molecule has 0 aliphatic heterocycles. The standard InChI is InChI=1S/C10H11F4N.ClH/c11-8-3-1-7(2-4-8)9(15)5-6-10(12,13)14;/h1-4,9H,5-6,15H2;1H/t9-;/m0./s1. The molecule has 0 saturated carbocycles. The van der Waals surface area contributed by atoms with Gasteiger partial charge in [-0.25, -0.2) is 4.39 Å². The Morgan fingerprint density at radius 3 is 2.06 bits per heavy atom. The first kappa shape index (κ1) is 15.2. The lowest BCUT2D eigenvalue weighted by atomic mass is 10.0. The van der Waals surface area contributed by atoms with Crippen LogP contribution < -0.4 is 5.73 Å². The number of alkyl halides is 3. The van der Waals surface area contributed by atoms with Crippen molar-refractivity contribution in [3.63, 3.8) is 0 Å². The van der Waals surface area contributed by atoms with Gasteiger partial charge < -0.3 is 5.73 Å². The van der Waals surface area contributed by atoms with Crippen molar-refractivity contribution in [2.24, 2.45) is 5.73 Å². The molecular formula is C10H12ClF4N. The van der Waals surface area contributed by atoms with Crippen LogP contribution in [-0.2, 0) is 0 Å². The second-order valence-electron chi connectivity index (χ2n) is 3.31. The van der Waals surface area contributed by atoms with Gasteiger partial charge in [0.1, 0.15) is 5.82 Å². The summed E-state index contributed by atoms with van der Waals surface area (Å²) in [6, 6.07) is 4.46. The van der Waals surface area contributed by atoms with Crippen LogP contribution in [0, 0.1) is 5.82 Å². The third-order valence-electron chi connectivity index (χ3n) is 2.04. The van der Waals surface area contributed by atoms with Gasteiger partial charge in [-0.2, -0.15) is 13.2 Å². The van der Waals surface area contributed by atoms with E-state index in [0.717, 1.165) is 0 Å². The van der Waals surface area contributed by atoms with Gasteiger partial charge in [0.15, 0.2) is 0 Å². The summed E-state index contributed by atoms with van der Waals surface area (Å²) in [6.45, 7) is 0. The van der Waals surface area contributed by atoms with E-state index in [-0.39, 0.29) is 18.8 Å². The molecule has 1 nitrogen and oxygen atoms in total. The highest BCUT2D eigenvalue weighted by molar-refractivity contribution is 5.85. The van der Waals surface area contributed by atoms with Crippen LogP contribution >= 0.6 is 12.4 Å². The zero-order valence-electron chi connectivity index (χ0n) is 8.30. The summed E-state index contributed by atoms with van der Waals surface area (Å²) in [5.74, 6) is -0.429. The first-order valence-corrected chi connectivity index (χ1v) is 4.46. The molecule has 2 N–H and O–H groups in total. The Hall–Kier alpha value is -0.810. The minimum Gasteiger partial charge on any atom is -0.324 e. The molecule has 0 heterocycles. The number of hydrogen-bond acceptors (Lipinski definition) is 1. The predicted octanol–water partition coefficient (Wildman–Crippen LogP) is 3.59. The molecule has 6 heteroatoms. The van der Waals surface area contributed by atoms with Crippen LogP contribution in [0.5, 0.6) is 0 Å².